The molecule has 0 aromatic heterocycles. The summed E-state index contributed by atoms with van der Waals surface area (Å²) in [5.41, 5.74) is -0.843. The molecule has 4 saturated carbocycles. The van der Waals surface area contributed by atoms with Gasteiger partial charge in [0.15, 0.2) is 5.78 Å². The summed E-state index contributed by atoms with van der Waals surface area (Å²) in [6.07, 6.45) is 10.1. The topological polar surface area (TPSA) is 63.6 Å². The number of aliphatic hydroxyl groups is 1. The molecule has 158 valence electrons. The van der Waals surface area contributed by atoms with Crippen LogP contribution in [0.1, 0.15) is 85.0 Å². The Bertz CT molecular complexity index is 626. The maximum Gasteiger partial charge on any atom is 0.316 e. The molecule has 1 unspecified atom stereocenters. The summed E-state index contributed by atoms with van der Waals surface area (Å²) in [6.45, 7) is 6.33. The molecule has 4 aliphatic carbocycles. The predicted molar refractivity (Wildman–Crippen MR) is 107 cm³/mol. The number of fused-ring (bicyclic) bond motifs is 5. The van der Waals surface area contributed by atoms with Crippen molar-refractivity contribution >= 4 is 11.8 Å². The molecule has 0 bridgehead atoms. The van der Waals surface area contributed by atoms with Crippen LogP contribution in [0.3, 0.4) is 0 Å². The summed E-state index contributed by atoms with van der Waals surface area (Å²) >= 11 is 0. The minimum Gasteiger partial charge on any atom is -0.465 e. The van der Waals surface area contributed by atoms with Gasteiger partial charge in [-0.25, -0.2) is 0 Å². The summed E-state index contributed by atoms with van der Waals surface area (Å²) in [4.78, 5) is 26.0. The third-order valence-electron chi connectivity index (χ3n) is 9.08. The maximum atomic E-state index is 13.5. The highest BCUT2D eigenvalue weighted by molar-refractivity contribution is 6.02. The standard InChI is InChI=1S/C24H38O4/c1-4-28-22(26)19-6-5-7-20-18-9-8-15-14-23(2,27)12-10-16(15)17(18)11-13-24(20,3)21(19)25/h15-20,27H,4-14H2,1-3H3/t15-,16+,17-,18-,19?,20+,23-,24+/m1/s1. The Morgan fingerprint density at radius 2 is 1.79 bits per heavy atom. The van der Waals surface area contributed by atoms with Gasteiger partial charge in [0.1, 0.15) is 5.92 Å². The van der Waals surface area contributed by atoms with Crippen molar-refractivity contribution in [3.05, 3.63) is 0 Å². The molecule has 0 aromatic carbocycles. The maximum absolute atomic E-state index is 13.5. The summed E-state index contributed by atoms with van der Waals surface area (Å²) in [5.74, 6) is 2.45. The van der Waals surface area contributed by atoms with Crippen molar-refractivity contribution in [3.8, 4) is 0 Å². The van der Waals surface area contributed by atoms with Gasteiger partial charge in [-0.2, -0.15) is 0 Å². The van der Waals surface area contributed by atoms with Crippen molar-refractivity contribution in [1.82, 2.24) is 0 Å². The Balaban J connectivity index is 1.55. The van der Waals surface area contributed by atoms with Crippen LogP contribution in [0.2, 0.25) is 0 Å². The first kappa shape index (κ1) is 20.4. The van der Waals surface area contributed by atoms with Gasteiger partial charge in [-0.05, 0) is 101 Å². The minimum atomic E-state index is -0.549. The lowest BCUT2D eigenvalue weighted by Crippen LogP contribution is -2.53. The van der Waals surface area contributed by atoms with Crippen molar-refractivity contribution in [2.45, 2.75) is 90.6 Å². The molecule has 4 rings (SSSR count). The molecule has 0 heterocycles. The van der Waals surface area contributed by atoms with Crippen LogP contribution in [0.15, 0.2) is 0 Å². The van der Waals surface area contributed by atoms with Gasteiger partial charge in [-0.15, -0.1) is 0 Å². The molecule has 4 aliphatic rings. The summed E-state index contributed by atoms with van der Waals surface area (Å²) < 4.78 is 5.25. The molecule has 0 aliphatic heterocycles. The van der Waals surface area contributed by atoms with E-state index in [0.717, 1.165) is 50.9 Å². The van der Waals surface area contributed by atoms with E-state index in [1.165, 1.54) is 12.8 Å². The van der Waals surface area contributed by atoms with Crippen LogP contribution in [0.5, 0.6) is 0 Å². The normalized spacial score (nSPS) is 48.6. The highest BCUT2D eigenvalue weighted by Crippen LogP contribution is 2.61. The largest absolute Gasteiger partial charge is 0.465 e. The molecule has 8 atom stereocenters. The second-order valence-electron chi connectivity index (χ2n) is 10.7. The van der Waals surface area contributed by atoms with E-state index in [4.69, 9.17) is 4.74 Å². The SMILES string of the molecule is CCOC(=O)C1CCC[C@H]2[C@@H]3CC[C@@H]4C[C@](C)(O)CC[C@@H]4[C@H]3CC[C@]2(C)C1=O. The molecular formula is C24H38O4. The number of hydrogen-bond acceptors (Lipinski definition) is 4. The molecule has 1 N–H and O–H groups in total. The molecule has 4 heteroatoms. The summed E-state index contributed by atoms with van der Waals surface area (Å²) in [5, 5.41) is 10.5. The van der Waals surface area contributed by atoms with Gasteiger partial charge >= 0.3 is 5.97 Å². The molecule has 0 spiro atoms. The van der Waals surface area contributed by atoms with E-state index in [0.29, 0.717) is 36.7 Å². The van der Waals surface area contributed by atoms with Crippen LogP contribution >= 0.6 is 0 Å². The van der Waals surface area contributed by atoms with E-state index in [1.54, 1.807) is 0 Å². The van der Waals surface area contributed by atoms with Gasteiger partial charge in [0.2, 0.25) is 0 Å². The Labute approximate surface area is 169 Å². The number of Topliss-reactive ketones (excluding diaryl/α,β-unsaturated/α-hetero) is 1. The Morgan fingerprint density at radius 1 is 1.04 bits per heavy atom. The van der Waals surface area contributed by atoms with Gasteiger partial charge in [-0.1, -0.05) is 13.3 Å². The van der Waals surface area contributed by atoms with Crippen molar-refractivity contribution < 1.29 is 19.4 Å². The first-order chi connectivity index (χ1) is 13.3. The van der Waals surface area contributed by atoms with E-state index >= 15 is 0 Å². The molecular weight excluding hydrogens is 352 g/mol. The number of esters is 1. The molecule has 0 radical (unpaired) electrons. The van der Waals surface area contributed by atoms with Crippen LogP contribution in [0.25, 0.3) is 0 Å². The second kappa shape index (κ2) is 7.41. The van der Waals surface area contributed by atoms with Crippen molar-refractivity contribution in [3.63, 3.8) is 0 Å². The predicted octanol–water partition coefficient (Wildman–Crippen LogP) is 4.53. The van der Waals surface area contributed by atoms with E-state index < -0.39 is 11.5 Å². The van der Waals surface area contributed by atoms with Crippen LogP contribution in [-0.4, -0.2) is 29.1 Å². The second-order valence-corrected chi connectivity index (χ2v) is 10.7. The fourth-order valence-corrected chi connectivity index (χ4v) is 7.78. The monoisotopic (exact) mass is 390 g/mol. The highest BCUT2D eigenvalue weighted by atomic mass is 16.5. The van der Waals surface area contributed by atoms with E-state index in [9.17, 15) is 14.7 Å². The Hall–Kier alpha value is -0.900. The zero-order valence-electron chi connectivity index (χ0n) is 17.9. The molecule has 28 heavy (non-hydrogen) atoms. The highest BCUT2D eigenvalue weighted by Gasteiger charge is 2.57. The molecule has 0 amide bonds. The lowest BCUT2D eigenvalue weighted by atomic mass is 9.48. The Kier molecular flexibility index (Phi) is 5.39. The summed E-state index contributed by atoms with van der Waals surface area (Å²) in [7, 11) is 0. The van der Waals surface area contributed by atoms with Gasteiger partial charge in [0.25, 0.3) is 0 Å². The zero-order chi connectivity index (χ0) is 20.1. The van der Waals surface area contributed by atoms with Gasteiger partial charge in [0, 0.05) is 5.41 Å². The van der Waals surface area contributed by atoms with Crippen molar-refractivity contribution in [2.75, 3.05) is 6.61 Å². The van der Waals surface area contributed by atoms with Crippen LogP contribution in [0, 0.1) is 40.9 Å². The smallest absolute Gasteiger partial charge is 0.316 e. The molecule has 4 nitrogen and oxygen atoms in total. The van der Waals surface area contributed by atoms with Crippen molar-refractivity contribution in [2.24, 2.45) is 40.9 Å². The van der Waals surface area contributed by atoms with E-state index in [1.807, 2.05) is 13.8 Å². The number of rotatable bonds is 2. The first-order valence-corrected chi connectivity index (χ1v) is 11.7. The number of hydrogen-bond donors (Lipinski definition) is 1. The minimum absolute atomic E-state index is 0.167. The third-order valence-corrected chi connectivity index (χ3v) is 9.08. The Morgan fingerprint density at radius 3 is 2.54 bits per heavy atom. The van der Waals surface area contributed by atoms with Gasteiger partial charge in [0.05, 0.1) is 12.2 Å². The van der Waals surface area contributed by atoms with Gasteiger partial charge < -0.3 is 9.84 Å². The molecule has 0 saturated heterocycles. The zero-order valence-corrected chi connectivity index (χ0v) is 17.9. The lowest BCUT2D eigenvalue weighted by Gasteiger charge is -2.57. The van der Waals surface area contributed by atoms with Crippen LogP contribution in [-0.2, 0) is 14.3 Å². The van der Waals surface area contributed by atoms with E-state index in [2.05, 4.69) is 6.92 Å². The summed E-state index contributed by atoms with van der Waals surface area (Å²) in [6, 6.07) is 0. The molecule has 4 fully saturated rings. The average Bonchev–Trinajstić information content (AvgIpc) is 2.77. The third kappa shape index (κ3) is 3.34. The average molecular weight is 391 g/mol. The van der Waals surface area contributed by atoms with Crippen molar-refractivity contribution in [1.29, 1.82) is 0 Å². The van der Waals surface area contributed by atoms with Gasteiger partial charge in [-0.3, -0.25) is 9.59 Å². The number of carbonyl (C=O) groups is 2. The number of ketones is 1. The molecule has 0 aromatic rings. The van der Waals surface area contributed by atoms with Crippen LogP contribution < -0.4 is 0 Å². The quantitative estimate of drug-likeness (QED) is 0.556. The number of carbonyl (C=O) groups excluding carboxylic acids is 2. The fourth-order valence-electron chi connectivity index (χ4n) is 7.78. The van der Waals surface area contributed by atoms with E-state index in [-0.39, 0.29) is 17.2 Å². The lowest BCUT2D eigenvalue weighted by molar-refractivity contribution is -0.158. The number of ether oxygens (including phenoxy) is 1. The fraction of sp³-hybridized carbons (Fsp3) is 0.917. The van der Waals surface area contributed by atoms with Crippen LogP contribution in [0.4, 0.5) is 0 Å². The first-order valence-electron chi connectivity index (χ1n) is 11.7.